The average molecular weight is 506 g/mol. The van der Waals surface area contributed by atoms with E-state index in [0.29, 0.717) is 35.3 Å². The molecule has 182 valence electrons. The second-order valence-electron chi connectivity index (χ2n) is 7.59. The number of methoxy groups -OCH3 is 1. The van der Waals surface area contributed by atoms with Crippen LogP contribution in [0.5, 0.6) is 5.75 Å². The van der Waals surface area contributed by atoms with E-state index in [1.54, 1.807) is 18.2 Å². The molecule has 0 aliphatic heterocycles. The van der Waals surface area contributed by atoms with Crippen molar-refractivity contribution in [3.63, 3.8) is 0 Å². The molecule has 3 N–H and O–H groups in total. The van der Waals surface area contributed by atoms with Crippen molar-refractivity contribution in [3.8, 4) is 5.75 Å². The highest BCUT2D eigenvalue weighted by Crippen LogP contribution is 2.22. The lowest BCUT2D eigenvalue weighted by molar-refractivity contribution is -0.191. The van der Waals surface area contributed by atoms with Crippen LogP contribution < -0.4 is 20.1 Å². The molecular formula is C24H28ClN3O5S. The number of carbonyl (C=O) groups is 2. The van der Waals surface area contributed by atoms with Crippen molar-refractivity contribution in [2.24, 2.45) is 0 Å². The Hall–Kier alpha value is -3.00. The summed E-state index contributed by atoms with van der Waals surface area (Å²) in [6, 6.07) is 13.0. The Morgan fingerprint density at radius 2 is 1.76 bits per heavy atom. The zero-order chi connectivity index (χ0) is 24.8. The first-order valence-corrected chi connectivity index (χ1v) is 12.1. The first-order valence-electron chi connectivity index (χ1n) is 10.9. The van der Waals surface area contributed by atoms with Crippen molar-refractivity contribution in [2.45, 2.75) is 49.5 Å². The van der Waals surface area contributed by atoms with Gasteiger partial charge in [0, 0.05) is 22.5 Å². The minimum absolute atomic E-state index is 0.139. The van der Waals surface area contributed by atoms with Crippen LogP contribution in [0.4, 0.5) is 4.79 Å². The monoisotopic (exact) mass is 505 g/mol. The van der Waals surface area contributed by atoms with Gasteiger partial charge in [-0.05, 0) is 67.1 Å². The molecule has 3 amide bonds. The van der Waals surface area contributed by atoms with Gasteiger partial charge in [-0.2, -0.15) is 9.59 Å². The summed E-state index contributed by atoms with van der Waals surface area (Å²) in [4.78, 5) is 41.7. The molecule has 1 saturated carbocycles. The number of ether oxygens (including phenoxy) is 1. The van der Waals surface area contributed by atoms with Gasteiger partial charge in [0.15, 0.2) is 0 Å². The molecule has 10 heteroatoms. The average Bonchev–Trinajstić information content (AvgIpc) is 2.84. The van der Waals surface area contributed by atoms with Crippen LogP contribution in [0.3, 0.4) is 0 Å². The second kappa shape index (κ2) is 15.0. The number of benzene rings is 2. The van der Waals surface area contributed by atoms with E-state index in [1.807, 2.05) is 24.3 Å². The Kier molecular flexibility index (Phi) is 12.0. The van der Waals surface area contributed by atoms with Gasteiger partial charge in [0.2, 0.25) is 0 Å². The molecule has 2 aromatic carbocycles. The standard InChI is InChI=1S/C23H28ClN3O3S.CO2/c1-30-21-12-9-17(24)15-20(21)22(28)25-14-13-16-7-10-19(11-8-16)31-27-23(29)26-18-5-3-2-4-6-18;2-1-3/h7-12,15,18H,2-6,13-14H2,1H3,(H,25,28)(H2,26,27,29);. The number of hydrogen-bond donors (Lipinski definition) is 3. The molecule has 2 aromatic rings. The van der Waals surface area contributed by atoms with Crippen LogP contribution >= 0.6 is 23.5 Å². The number of amides is 3. The number of nitrogens with one attached hydrogen (secondary N) is 3. The van der Waals surface area contributed by atoms with E-state index in [2.05, 4.69) is 15.4 Å². The number of halogens is 1. The number of rotatable bonds is 8. The summed E-state index contributed by atoms with van der Waals surface area (Å²) in [6.45, 7) is 0.489. The Labute approximate surface area is 208 Å². The van der Waals surface area contributed by atoms with Gasteiger partial charge < -0.3 is 15.4 Å². The lowest BCUT2D eigenvalue weighted by Gasteiger charge is -2.22. The van der Waals surface area contributed by atoms with Crippen LogP contribution in [-0.2, 0) is 16.0 Å². The summed E-state index contributed by atoms with van der Waals surface area (Å²) in [7, 11) is 1.52. The zero-order valence-corrected chi connectivity index (χ0v) is 20.5. The normalized spacial score (nSPS) is 13.0. The largest absolute Gasteiger partial charge is 0.496 e. The van der Waals surface area contributed by atoms with Gasteiger partial charge in [0.1, 0.15) is 5.75 Å². The Morgan fingerprint density at radius 1 is 1.09 bits per heavy atom. The Bertz CT molecular complexity index is 975. The molecule has 1 aliphatic rings. The molecule has 3 rings (SSSR count). The Morgan fingerprint density at radius 3 is 2.41 bits per heavy atom. The molecule has 1 fully saturated rings. The molecule has 1 aliphatic carbocycles. The highest BCUT2D eigenvalue weighted by atomic mass is 35.5. The number of carbonyl (C=O) groups excluding carboxylic acids is 4. The van der Waals surface area contributed by atoms with E-state index >= 15 is 0 Å². The minimum atomic E-state index is -0.222. The van der Waals surface area contributed by atoms with Gasteiger partial charge in [-0.25, -0.2) is 4.79 Å². The smallest absolute Gasteiger partial charge is 0.373 e. The molecule has 0 unspecified atom stereocenters. The summed E-state index contributed by atoms with van der Waals surface area (Å²) >= 11 is 7.29. The van der Waals surface area contributed by atoms with E-state index < -0.39 is 0 Å². The predicted molar refractivity (Wildman–Crippen MR) is 130 cm³/mol. The minimum Gasteiger partial charge on any atom is -0.496 e. The summed E-state index contributed by atoms with van der Waals surface area (Å²) in [6.07, 6.45) is 6.70. The van der Waals surface area contributed by atoms with E-state index in [0.717, 1.165) is 23.3 Å². The molecule has 0 spiro atoms. The second-order valence-corrected chi connectivity index (χ2v) is 8.91. The van der Waals surface area contributed by atoms with Crippen LogP contribution in [-0.4, -0.2) is 37.8 Å². The van der Waals surface area contributed by atoms with Crippen molar-refractivity contribution in [2.75, 3.05) is 13.7 Å². The summed E-state index contributed by atoms with van der Waals surface area (Å²) in [5.41, 5.74) is 1.51. The van der Waals surface area contributed by atoms with Gasteiger partial charge in [0.25, 0.3) is 5.91 Å². The van der Waals surface area contributed by atoms with Gasteiger partial charge in [-0.15, -0.1) is 0 Å². The predicted octanol–water partition coefficient (Wildman–Crippen LogP) is 4.38. The fourth-order valence-electron chi connectivity index (χ4n) is 3.56. The molecule has 0 bridgehead atoms. The quantitative estimate of drug-likeness (QED) is 0.459. The van der Waals surface area contributed by atoms with Crippen LogP contribution in [0, 0.1) is 0 Å². The molecule has 0 heterocycles. The highest BCUT2D eigenvalue weighted by Gasteiger charge is 2.15. The molecule has 34 heavy (non-hydrogen) atoms. The fraction of sp³-hybridized carbons (Fsp3) is 0.375. The maximum absolute atomic E-state index is 12.4. The third-order valence-electron chi connectivity index (χ3n) is 5.23. The number of urea groups is 1. The molecule has 0 radical (unpaired) electrons. The first-order chi connectivity index (χ1) is 16.5. The van der Waals surface area contributed by atoms with E-state index in [-0.39, 0.29) is 18.1 Å². The maximum Gasteiger partial charge on any atom is 0.373 e. The van der Waals surface area contributed by atoms with E-state index in [9.17, 15) is 9.59 Å². The summed E-state index contributed by atoms with van der Waals surface area (Å²) < 4.78 is 8.07. The van der Waals surface area contributed by atoms with Gasteiger partial charge in [-0.3, -0.25) is 9.52 Å². The summed E-state index contributed by atoms with van der Waals surface area (Å²) in [5, 5.41) is 6.42. The number of hydrogen-bond acceptors (Lipinski definition) is 6. The van der Waals surface area contributed by atoms with Crippen LogP contribution in [0.15, 0.2) is 47.4 Å². The van der Waals surface area contributed by atoms with Crippen molar-refractivity contribution in [1.82, 2.24) is 15.4 Å². The highest BCUT2D eigenvalue weighted by molar-refractivity contribution is 7.98. The SMILES string of the molecule is COc1ccc(Cl)cc1C(=O)NCCc1ccc(SNC(=O)NC2CCCCC2)cc1.O=C=O. The van der Waals surface area contributed by atoms with Crippen molar-refractivity contribution in [3.05, 3.63) is 58.6 Å². The first kappa shape index (κ1) is 27.2. The van der Waals surface area contributed by atoms with Crippen molar-refractivity contribution >= 4 is 41.6 Å². The third kappa shape index (κ3) is 9.47. The maximum atomic E-state index is 12.4. The Balaban J connectivity index is 0.00000129. The fourth-order valence-corrected chi connectivity index (χ4v) is 4.28. The van der Waals surface area contributed by atoms with E-state index in [4.69, 9.17) is 25.9 Å². The third-order valence-corrected chi connectivity index (χ3v) is 6.26. The van der Waals surface area contributed by atoms with Crippen molar-refractivity contribution in [1.29, 1.82) is 0 Å². The molecule has 0 aromatic heterocycles. The molecule has 0 saturated heterocycles. The van der Waals surface area contributed by atoms with Crippen LogP contribution in [0.1, 0.15) is 48.0 Å². The lowest BCUT2D eigenvalue weighted by atomic mass is 9.96. The van der Waals surface area contributed by atoms with Crippen LogP contribution in [0.2, 0.25) is 5.02 Å². The van der Waals surface area contributed by atoms with Crippen molar-refractivity contribution < 1.29 is 23.9 Å². The van der Waals surface area contributed by atoms with E-state index in [1.165, 1.54) is 38.3 Å². The molecule has 8 nitrogen and oxygen atoms in total. The zero-order valence-electron chi connectivity index (χ0n) is 18.9. The van der Waals surface area contributed by atoms with Crippen LogP contribution in [0.25, 0.3) is 0 Å². The molecule has 0 atom stereocenters. The van der Waals surface area contributed by atoms with Gasteiger partial charge in [-0.1, -0.05) is 43.0 Å². The lowest BCUT2D eigenvalue weighted by Crippen LogP contribution is -2.40. The summed E-state index contributed by atoms with van der Waals surface area (Å²) in [5.74, 6) is 0.267. The van der Waals surface area contributed by atoms with Gasteiger partial charge >= 0.3 is 12.2 Å². The topological polar surface area (TPSA) is 114 Å². The van der Waals surface area contributed by atoms with Gasteiger partial charge in [0.05, 0.1) is 12.7 Å². The molecular weight excluding hydrogens is 478 g/mol.